The molecular formula is C13H18N2O5S. The molecule has 0 heterocycles. The number of hydrogen-bond donors (Lipinski definition) is 2. The molecule has 116 valence electrons. The van der Waals surface area contributed by atoms with Crippen molar-refractivity contribution in [3.8, 4) is 0 Å². The van der Waals surface area contributed by atoms with Gasteiger partial charge in [-0.25, -0.2) is 8.42 Å². The Morgan fingerprint density at radius 1 is 1.24 bits per heavy atom. The van der Waals surface area contributed by atoms with Gasteiger partial charge < -0.3 is 10.4 Å². The summed E-state index contributed by atoms with van der Waals surface area (Å²) in [5.41, 5.74) is 0.741. The van der Waals surface area contributed by atoms with Gasteiger partial charge in [-0.05, 0) is 24.1 Å². The Labute approximate surface area is 123 Å². The molecule has 0 aromatic heterocycles. The fraction of sp³-hybridized carbons (Fsp3) is 0.385. The summed E-state index contributed by atoms with van der Waals surface area (Å²) in [6.45, 7) is -0.264. The highest BCUT2D eigenvalue weighted by Gasteiger charge is 2.22. The van der Waals surface area contributed by atoms with E-state index in [2.05, 4.69) is 5.32 Å². The lowest BCUT2D eigenvalue weighted by Gasteiger charge is -2.16. The first-order valence-corrected chi connectivity index (χ1v) is 7.69. The number of sulfonamides is 1. The van der Waals surface area contributed by atoms with Crippen LogP contribution in [0.3, 0.4) is 0 Å². The molecule has 1 aromatic carbocycles. The Balaban J connectivity index is 2.84. The van der Waals surface area contributed by atoms with Crippen LogP contribution in [0.15, 0.2) is 29.2 Å². The maximum Gasteiger partial charge on any atom is 0.303 e. The van der Waals surface area contributed by atoms with E-state index >= 15 is 0 Å². The molecule has 0 saturated heterocycles. The van der Waals surface area contributed by atoms with Crippen molar-refractivity contribution in [3.63, 3.8) is 0 Å². The minimum Gasteiger partial charge on any atom is -0.481 e. The van der Waals surface area contributed by atoms with E-state index in [1.807, 2.05) is 0 Å². The summed E-state index contributed by atoms with van der Waals surface area (Å²) >= 11 is 0. The van der Waals surface area contributed by atoms with Crippen LogP contribution >= 0.6 is 0 Å². The number of carbonyl (C=O) groups is 2. The molecule has 0 fully saturated rings. The second-order valence-corrected chi connectivity index (χ2v) is 6.52. The molecule has 0 atom stereocenters. The van der Waals surface area contributed by atoms with E-state index < -0.39 is 21.9 Å². The van der Waals surface area contributed by atoms with Crippen LogP contribution in [0.25, 0.3) is 0 Å². The number of carboxylic acid groups (broad SMARTS) is 1. The van der Waals surface area contributed by atoms with Crippen molar-refractivity contribution in [1.29, 1.82) is 0 Å². The predicted molar refractivity (Wildman–Crippen MR) is 76.3 cm³/mol. The third-order valence-electron chi connectivity index (χ3n) is 2.90. The van der Waals surface area contributed by atoms with E-state index in [-0.39, 0.29) is 17.9 Å². The highest BCUT2D eigenvalue weighted by molar-refractivity contribution is 7.89. The van der Waals surface area contributed by atoms with Crippen molar-refractivity contribution in [2.24, 2.45) is 0 Å². The van der Waals surface area contributed by atoms with Gasteiger partial charge in [-0.15, -0.1) is 0 Å². The van der Waals surface area contributed by atoms with Crippen LogP contribution in [0.4, 0.5) is 0 Å². The quantitative estimate of drug-likeness (QED) is 0.741. The van der Waals surface area contributed by atoms with Crippen LogP contribution in [-0.4, -0.2) is 50.3 Å². The number of rotatable bonds is 7. The van der Waals surface area contributed by atoms with Gasteiger partial charge in [-0.3, -0.25) is 9.59 Å². The highest BCUT2D eigenvalue weighted by atomic mass is 32.2. The molecule has 21 heavy (non-hydrogen) atoms. The van der Waals surface area contributed by atoms with Crippen molar-refractivity contribution in [2.45, 2.75) is 17.7 Å². The van der Waals surface area contributed by atoms with Gasteiger partial charge in [0.1, 0.15) is 0 Å². The molecular weight excluding hydrogens is 296 g/mol. The monoisotopic (exact) mass is 314 g/mol. The molecule has 2 N–H and O–H groups in total. The smallest absolute Gasteiger partial charge is 0.303 e. The van der Waals surface area contributed by atoms with Gasteiger partial charge in [0.05, 0.1) is 11.4 Å². The van der Waals surface area contributed by atoms with Crippen LogP contribution in [0.5, 0.6) is 0 Å². The number of likely N-dealkylation sites (N-methyl/N-ethyl adjacent to an activating group) is 2. The SMILES string of the molecule is CNC(=O)CN(C)S(=O)(=O)c1ccc(CCC(=O)O)cc1. The number of aliphatic carboxylic acids is 1. The topological polar surface area (TPSA) is 104 Å². The second-order valence-electron chi connectivity index (χ2n) is 4.47. The van der Waals surface area contributed by atoms with E-state index in [1.54, 1.807) is 12.1 Å². The fourth-order valence-electron chi connectivity index (χ4n) is 1.63. The fourth-order valence-corrected chi connectivity index (χ4v) is 2.75. The molecule has 0 saturated carbocycles. The summed E-state index contributed by atoms with van der Waals surface area (Å²) < 4.78 is 25.4. The summed E-state index contributed by atoms with van der Waals surface area (Å²) in [4.78, 5) is 21.8. The molecule has 7 nitrogen and oxygen atoms in total. The zero-order valence-electron chi connectivity index (χ0n) is 11.9. The van der Waals surface area contributed by atoms with Crippen LogP contribution in [0.2, 0.25) is 0 Å². The minimum atomic E-state index is -3.74. The third kappa shape index (κ3) is 4.83. The van der Waals surface area contributed by atoms with E-state index in [0.717, 1.165) is 9.87 Å². The van der Waals surface area contributed by atoms with Gasteiger partial charge in [0, 0.05) is 20.5 Å². The minimum absolute atomic E-state index is 0.0112. The zero-order valence-corrected chi connectivity index (χ0v) is 12.7. The molecule has 0 spiro atoms. The first-order chi connectivity index (χ1) is 9.77. The normalized spacial score (nSPS) is 11.4. The number of benzene rings is 1. The number of hydrogen-bond acceptors (Lipinski definition) is 4. The van der Waals surface area contributed by atoms with Gasteiger partial charge in [0.15, 0.2) is 0 Å². The molecule has 1 rings (SSSR count). The van der Waals surface area contributed by atoms with E-state index in [9.17, 15) is 18.0 Å². The number of nitrogens with zero attached hydrogens (tertiary/aromatic N) is 1. The maximum atomic E-state index is 12.2. The lowest BCUT2D eigenvalue weighted by Crippen LogP contribution is -2.36. The Morgan fingerprint density at radius 2 is 1.81 bits per heavy atom. The van der Waals surface area contributed by atoms with Crippen LogP contribution in [-0.2, 0) is 26.0 Å². The molecule has 1 amide bonds. The largest absolute Gasteiger partial charge is 0.481 e. The molecule has 8 heteroatoms. The molecule has 0 unspecified atom stereocenters. The number of carboxylic acids is 1. The Kier molecular flexibility index (Phi) is 5.86. The molecule has 0 aliphatic carbocycles. The Bertz CT molecular complexity index is 610. The maximum absolute atomic E-state index is 12.2. The first-order valence-electron chi connectivity index (χ1n) is 6.25. The second kappa shape index (κ2) is 7.19. The van der Waals surface area contributed by atoms with E-state index in [0.29, 0.717) is 6.42 Å². The summed E-state index contributed by atoms with van der Waals surface area (Å²) in [6, 6.07) is 5.97. The van der Waals surface area contributed by atoms with Gasteiger partial charge in [-0.1, -0.05) is 12.1 Å². The highest BCUT2D eigenvalue weighted by Crippen LogP contribution is 2.15. The van der Waals surface area contributed by atoms with E-state index in [4.69, 9.17) is 5.11 Å². The molecule has 1 aromatic rings. The standard InChI is InChI=1S/C13H18N2O5S/c1-14-12(16)9-15(2)21(19,20)11-6-3-10(4-7-11)5-8-13(17)18/h3-4,6-7H,5,8-9H2,1-2H3,(H,14,16)(H,17,18). The third-order valence-corrected chi connectivity index (χ3v) is 4.72. The van der Waals surface area contributed by atoms with Crippen molar-refractivity contribution >= 4 is 21.9 Å². The predicted octanol–water partition coefficient (Wildman–Crippen LogP) is 0.0703. The summed E-state index contributed by atoms with van der Waals surface area (Å²) in [6.07, 6.45) is 0.326. The average molecular weight is 314 g/mol. The van der Waals surface area contributed by atoms with Crippen LogP contribution in [0, 0.1) is 0 Å². The summed E-state index contributed by atoms with van der Waals surface area (Å²) in [5, 5.41) is 11.0. The summed E-state index contributed by atoms with van der Waals surface area (Å²) in [5.74, 6) is -1.31. The van der Waals surface area contributed by atoms with Crippen molar-refractivity contribution in [2.75, 3.05) is 20.6 Å². The number of amides is 1. The van der Waals surface area contributed by atoms with Crippen LogP contribution < -0.4 is 5.32 Å². The van der Waals surface area contributed by atoms with Crippen molar-refractivity contribution in [3.05, 3.63) is 29.8 Å². The van der Waals surface area contributed by atoms with Gasteiger partial charge in [0.25, 0.3) is 0 Å². The van der Waals surface area contributed by atoms with Gasteiger partial charge in [-0.2, -0.15) is 4.31 Å². The van der Waals surface area contributed by atoms with E-state index in [1.165, 1.54) is 26.2 Å². The number of carbonyl (C=O) groups excluding carboxylic acids is 1. The Hall–Kier alpha value is -1.93. The number of nitrogens with one attached hydrogen (secondary N) is 1. The Morgan fingerprint density at radius 3 is 2.29 bits per heavy atom. The van der Waals surface area contributed by atoms with Gasteiger partial charge in [0.2, 0.25) is 15.9 Å². The van der Waals surface area contributed by atoms with Crippen molar-refractivity contribution < 1.29 is 23.1 Å². The lowest BCUT2D eigenvalue weighted by atomic mass is 10.1. The lowest BCUT2D eigenvalue weighted by molar-refractivity contribution is -0.137. The molecule has 0 radical (unpaired) electrons. The zero-order chi connectivity index (χ0) is 16.0. The van der Waals surface area contributed by atoms with Crippen LogP contribution in [0.1, 0.15) is 12.0 Å². The summed E-state index contributed by atoms with van der Waals surface area (Å²) in [7, 11) is -0.983. The van der Waals surface area contributed by atoms with Gasteiger partial charge >= 0.3 is 5.97 Å². The molecule has 0 bridgehead atoms. The average Bonchev–Trinajstić information content (AvgIpc) is 2.45. The first kappa shape index (κ1) is 17.1. The number of aryl methyl sites for hydroxylation is 1. The molecule has 0 aliphatic heterocycles. The van der Waals surface area contributed by atoms with Crippen molar-refractivity contribution in [1.82, 2.24) is 9.62 Å². The molecule has 0 aliphatic rings.